The van der Waals surface area contributed by atoms with Crippen molar-refractivity contribution in [2.75, 3.05) is 6.61 Å². The Labute approximate surface area is 122 Å². The molecule has 0 radical (unpaired) electrons. The van der Waals surface area contributed by atoms with Crippen molar-refractivity contribution < 1.29 is 9.53 Å². The highest BCUT2D eigenvalue weighted by Gasteiger charge is 2.20. The number of imidazole rings is 1. The fourth-order valence-electron chi connectivity index (χ4n) is 2.10. The summed E-state index contributed by atoms with van der Waals surface area (Å²) in [6.07, 6.45) is 4.57. The van der Waals surface area contributed by atoms with Gasteiger partial charge in [-0.1, -0.05) is 12.1 Å². The number of hydrogen-bond acceptors (Lipinski definition) is 6. The van der Waals surface area contributed by atoms with Gasteiger partial charge in [-0.3, -0.25) is 0 Å². The average Bonchev–Trinajstić information content (AvgIpc) is 3.07. The molecule has 2 heterocycles. The van der Waals surface area contributed by atoms with E-state index in [1.54, 1.807) is 24.1 Å². The highest BCUT2D eigenvalue weighted by molar-refractivity contribution is 5.88. The molecule has 0 bridgehead atoms. The average molecular weight is 292 g/mol. The van der Waals surface area contributed by atoms with E-state index in [4.69, 9.17) is 10.5 Å². The Morgan fingerprint density at radius 3 is 2.90 bits per heavy atom. The van der Waals surface area contributed by atoms with Gasteiger partial charge in [-0.25, -0.2) is 14.5 Å². The quantitative estimate of drug-likeness (QED) is 0.749. The predicted octanol–water partition coefficient (Wildman–Crippen LogP) is 0.568. The summed E-state index contributed by atoms with van der Waals surface area (Å²) in [5.41, 5.74) is 7.47. The number of carbonyl (C=O) groups excluding carboxylic acids is 1. The number of aryl methyl sites for hydroxylation is 1. The summed E-state index contributed by atoms with van der Waals surface area (Å²) in [5, 5.41) is 7.90. The van der Waals surface area contributed by atoms with Crippen LogP contribution in [0.4, 0.5) is 0 Å². The summed E-state index contributed by atoms with van der Waals surface area (Å²) in [6.45, 7) is 5.66. The molecule has 2 aromatic rings. The molecule has 2 N–H and O–H groups in total. The topological polar surface area (TPSA) is 101 Å². The largest absolute Gasteiger partial charge is 0.461 e. The number of nitrogens with two attached hydrogens (primary N) is 1. The summed E-state index contributed by atoms with van der Waals surface area (Å²) in [6, 6.07) is 0. The fourth-order valence-corrected chi connectivity index (χ4v) is 2.10. The maximum atomic E-state index is 11.8. The maximum Gasteiger partial charge on any atom is 0.360 e. The van der Waals surface area contributed by atoms with E-state index in [1.165, 1.54) is 0 Å². The molecule has 0 aliphatic carbocycles. The molecule has 0 atom stereocenters. The Kier molecular flexibility index (Phi) is 5.04. The molecule has 0 saturated carbocycles. The predicted molar refractivity (Wildman–Crippen MR) is 75.5 cm³/mol. The van der Waals surface area contributed by atoms with Crippen molar-refractivity contribution in [1.82, 2.24) is 24.5 Å². The Bertz CT molecular complexity index is 604. The van der Waals surface area contributed by atoms with Crippen LogP contribution in [-0.4, -0.2) is 37.1 Å². The molecule has 21 heavy (non-hydrogen) atoms. The summed E-state index contributed by atoms with van der Waals surface area (Å²) >= 11 is 0. The smallest absolute Gasteiger partial charge is 0.360 e. The number of carbonyl (C=O) groups is 1. The molecule has 0 unspecified atom stereocenters. The van der Waals surface area contributed by atoms with Crippen LogP contribution in [0.1, 0.15) is 42.1 Å². The molecular weight excluding hydrogens is 272 g/mol. The van der Waals surface area contributed by atoms with Crippen LogP contribution in [-0.2, 0) is 24.4 Å². The van der Waals surface area contributed by atoms with Crippen LogP contribution in [0, 0.1) is 0 Å². The van der Waals surface area contributed by atoms with E-state index in [2.05, 4.69) is 22.2 Å². The number of rotatable bonds is 7. The lowest BCUT2D eigenvalue weighted by molar-refractivity contribution is 0.0518. The zero-order valence-electron chi connectivity index (χ0n) is 12.3. The standard InChI is InChI=1S/C13H20N6O2/c1-3-5-18-9-15-7-10(18)8-19-11(6-14)12(16-17-19)13(20)21-4-2/h7,9H,3-6,8,14H2,1-2H3. The molecule has 2 rings (SSSR count). The van der Waals surface area contributed by atoms with Gasteiger partial charge in [-0.05, 0) is 13.3 Å². The molecule has 0 aromatic carbocycles. The van der Waals surface area contributed by atoms with E-state index in [0.717, 1.165) is 18.7 Å². The van der Waals surface area contributed by atoms with Gasteiger partial charge in [0.15, 0.2) is 5.69 Å². The van der Waals surface area contributed by atoms with Crippen LogP contribution in [0.5, 0.6) is 0 Å². The van der Waals surface area contributed by atoms with Crippen molar-refractivity contribution >= 4 is 5.97 Å². The first-order chi connectivity index (χ1) is 10.2. The molecule has 8 heteroatoms. The minimum Gasteiger partial charge on any atom is -0.461 e. The lowest BCUT2D eigenvalue weighted by Gasteiger charge is -2.08. The van der Waals surface area contributed by atoms with Gasteiger partial charge < -0.3 is 15.0 Å². The molecule has 0 amide bonds. The highest BCUT2D eigenvalue weighted by Crippen LogP contribution is 2.10. The Morgan fingerprint density at radius 1 is 1.43 bits per heavy atom. The molecule has 8 nitrogen and oxygen atoms in total. The molecule has 114 valence electrons. The van der Waals surface area contributed by atoms with E-state index in [-0.39, 0.29) is 12.2 Å². The first kappa shape index (κ1) is 15.2. The zero-order valence-corrected chi connectivity index (χ0v) is 12.3. The minimum atomic E-state index is -0.494. The van der Waals surface area contributed by atoms with Gasteiger partial charge in [0.25, 0.3) is 0 Å². The second-order valence-electron chi connectivity index (χ2n) is 4.55. The zero-order chi connectivity index (χ0) is 15.2. The second-order valence-corrected chi connectivity index (χ2v) is 4.55. The number of esters is 1. The van der Waals surface area contributed by atoms with Crippen LogP contribution in [0.3, 0.4) is 0 Å². The van der Waals surface area contributed by atoms with Crippen molar-refractivity contribution in [2.24, 2.45) is 5.73 Å². The SMILES string of the molecule is CCCn1cncc1Cn1nnc(C(=O)OCC)c1CN. The first-order valence-electron chi connectivity index (χ1n) is 6.99. The van der Waals surface area contributed by atoms with E-state index in [9.17, 15) is 4.79 Å². The third-order valence-electron chi connectivity index (χ3n) is 3.07. The van der Waals surface area contributed by atoms with Crippen LogP contribution in [0.15, 0.2) is 12.5 Å². The first-order valence-corrected chi connectivity index (χ1v) is 6.99. The van der Waals surface area contributed by atoms with E-state index >= 15 is 0 Å². The van der Waals surface area contributed by atoms with Crippen molar-refractivity contribution in [2.45, 2.75) is 39.9 Å². The third kappa shape index (κ3) is 3.27. The van der Waals surface area contributed by atoms with Gasteiger partial charge in [0, 0.05) is 13.1 Å². The summed E-state index contributed by atoms with van der Waals surface area (Å²) < 4.78 is 8.62. The van der Waals surface area contributed by atoms with Gasteiger partial charge in [-0.15, -0.1) is 5.10 Å². The van der Waals surface area contributed by atoms with Gasteiger partial charge in [-0.2, -0.15) is 0 Å². The molecule has 0 aliphatic heterocycles. The van der Waals surface area contributed by atoms with Crippen molar-refractivity contribution in [3.05, 3.63) is 29.6 Å². The third-order valence-corrected chi connectivity index (χ3v) is 3.07. The van der Waals surface area contributed by atoms with Gasteiger partial charge in [0.2, 0.25) is 0 Å². The van der Waals surface area contributed by atoms with Gasteiger partial charge in [0.05, 0.1) is 37.1 Å². The fraction of sp³-hybridized carbons (Fsp3) is 0.538. The van der Waals surface area contributed by atoms with E-state index in [1.807, 2.05) is 4.57 Å². The Morgan fingerprint density at radius 2 is 2.24 bits per heavy atom. The van der Waals surface area contributed by atoms with E-state index < -0.39 is 5.97 Å². The van der Waals surface area contributed by atoms with Crippen molar-refractivity contribution in [3.63, 3.8) is 0 Å². The van der Waals surface area contributed by atoms with E-state index in [0.29, 0.717) is 18.8 Å². The molecule has 0 aliphatic rings. The molecular formula is C13H20N6O2. The number of nitrogens with zero attached hydrogens (tertiary/aromatic N) is 5. The van der Waals surface area contributed by atoms with Crippen molar-refractivity contribution in [1.29, 1.82) is 0 Å². The lowest BCUT2D eigenvalue weighted by atomic mass is 10.3. The van der Waals surface area contributed by atoms with Gasteiger partial charge >= 0.3 is 5.97 Å². The number of ether oxygens (including phenoxy) is 1. The minimum absolute atomic E-state index is 0.170. The van der Waals surface area contributed by atoms with Crippen LogP contribution >= 0.6 is 0 Å². The van der Waals surface area contributed by atoms with Gasteiger partial charge in [0.1, 0.15) is 0 Å². The maximum absolute atomic E-state index is 11.8. The molecule has 0 fully saturated rings. The molecule has 0 saturated heterocycles. The van der Waals surface area contributed by atoms with Crippen LogP contribution in [0.2, 0.25) is 0 Å². The van der Waals surface area contributed by atoms with Crippen molar-refractivity contribution in [3.8, 4) is 0 Å². The second kappa shape index (κ2) is 6.98. The number of aromatic nitrogens is 5. The Hall–Kier alpha value is -2.22. The summed E-state index contributed by atoms with van der Waals surface area (Å²) in [4.78, 5) is 15.9. The lowest BCUT2D eigenvalue weighted by Crippen LogP contribution is -2.16. The highest BCUT2D eigenvalue weighted by atomic mass is 16.5. The number of hydrogen-bond donors (Lipinski definition) is 1. The summed E-state index contributed by atoms with van der Waals surface area (Å²) in [7, 11) is 0. The normalized spacial score (nSPS) is 10.8. The Balaban J connectivity index is 2.24. The molecule has 2 aromatic heterocycles. The molecule has 0 spiro atoms. The monoisotopic (exact) mass is 292 g/mol. The van der Waals surface area contributed by atoms with Crippen LogP contribution < -0.4 is 5.73 Å². The summed E-state index contributed by atoms with van der Waals surface area (Å²) in [5.74, 6) is -0.494. The van der Waals surface area contributed by atoms with Crippen LogP contribution in [0.25, 0.3) is 0 Å².